The molecule has 9 heteroatoms. The predicted octanol–water partition coefficient (Wildman–Crippen LogP) is 2.06. The van der Waals surface area contributed by atoms with Gasteiger partial charge in [0.25, 0.3) is 5.91 Å². The summed E-state index contributed by atoms with van der Waals surface area (Å²) in [5.41, 5.74) is 0.339. The van der Waals surface area contributed by atoms with Gasteiger partial charge >= 0.3 is 0 Å². The van der Waals surface area contributed by atoms with Crippen LogP contribution in [0.2, 0.25) is 0 Å². The maximum absolute atomic E-state index is 12.9. The lowest BCUT2D eigenvalue weighted by Gasteiger charge is -2.32. The predicted molar refractivity (Wildman–Crippen MR) is 105 cm³/mol. The molecule has 0 unspecified atom stereocenters. The molecule has 2 heterocycles. The van der Waals surface area contributed by atoms with Crippen LogP contribution in [-0.4, -0.2) is 55.0 Å². The van der Waals surface area contributed by atoms with Crippen molar-refractivity contribution in [1.82, 2.24) is 19.2 Å². The Labute approximate surface area is 165 Å². The van der Waals surface area contributed by atoms with Gasteiger partial charge in [0, 0.05) is 43.1 Å². The highest BCUT2D eigenvalue weighted by Gasteiger charge is 2.27. The van der Waals surface area contributed by atoms with Gasteiger partial charge in [-0.25, -0.2) is 18.1 Å². The number of nitrogens with one attached hydrogen (secondary N) is 1. The minimum absolute atomic E-state index is 0.0251. The molecular weight excluding hydrogens is 380 g/mol. The Morgan fingerprint density at radius 2 is 2.00 bits per heavy atom. The van der Waals surface area contributed by atoms with E-state index in [1.165, 1.54) is 19.2 Å². The monoisotopic (exact) mass is 406 g/mol. The molecule has 152 valence electrons. The smallest absolute Gasteiger partial charge is 0.253 e. The minimum atomic E-state index is -3.78. The van der Waals surface area contributed by atoms with Crippen LogP contribution in [0.4, 0.5) is 0 Å². The lowest BCUT2D eigenvalue weighted by atomic mass is 10.0. The van der Waals surface area contributed by atoms with Gasteiger partial charge in [-0.05, 0) is 44.9 Å². The minimum Gasteiger partial charge on any atom is -0.495 e. The molecule has 0 aliphatic carbocycles. The number of amides is 1. The van der Waals surface area contributed by atoms with Crippen molar-refractivity contribution in [2.75, 3.05) is 20.2 Å². The van der Waals surface area contributed by atoms with Gasteiger partial charge in [-0.3, -0.25) is 4.79 Å². The Morgan fingerprint density at radius 3 is 2.57 bits per heavy atom. The Kier molecular flexibility index (Phi) is 6.04. The Morgan fingerprint density at radius 1 is 1.29 bits per heavy atom. The number of sulfonamides is 1. The van der Waals surface area contributed by atoms with E-state index < -0.39 is 10.0 Å². The fourth-order valence-corrected chi connectivity index (χ4v) is 4.87. The summed E-state index contributed by atoms with van der Waals surface area (Å²) in [5.74, 6) is 0.0382. The first-order chi connectivity index (χ1) is 13.3. The quantitative estimate of drug-likeness (QED) is 0.793. The number of nitrogens with zero attached hydrogens (tertiary/aromatic N) is 3. The van der Waals surface area contributed by atoms with E-state index in [4.69, 9.17) is 4.74 Å². The van der Waals surface area contributed by atoms with Crippen molar-refractivity contribution in [2.24, 2.45) is 0 Å². The van der Waals surface area contributed by atoms with Gasteiger partial charge in [0.15, 0.2) is 0 Å². The molecule has 1 aromatic carbocycles. The summed E-state index contributed by atoms with van der Waals surface area (Å²) in [5, 5.41) is 0. The molecule has 1 aliphatic heterocycles. The van der Waals surface area contributed by atoms with Crippen molar-refractivity contribution in [3.8, 4) is 5.75 Å². The standard InChI is InChI=1S/C19H26N4O4S/c1-14(2)21-28(25,26)18-12-15(4-5-17(18)27-3)19(24)22-9-6-16(7-10-22)23-11-8-20-13-23/h4-5,8,11-14,16,21H,6-7,9-10H2,1-3H3. The molecule has 28 heavy (non-hydrogen) atoms. The topological polar surface area (TPSA) is 93.5 Å². The first kappa shape index (κ1) is 20.3. The summed E-state index contributed by atoms with van der Waals surface area (Å²) in [6.07, 6.45) is 7.15. The van der Waals surface area contributed by atoms with Crippen LogP contribution in [0.15, 0.2) is 41.8 Å². The van der Waals surface area contributed by atoms with Gasteiger partial charge in [-0.1, -0.05) is 0 Å². The van der Waals surface area contributed by atoms with Gasteiger partial charge in [0.05, 0.1) is 13.4 Å². The van der Waals surface area contributed by atoms with E-state index in [1.807, 2.05) is 6.20 Å². The molecule has 2 aromatic rings. The van der Waals surface area contributed by atoms with Crippen molar-refractivity contribution < 1.29 is 17.9 Å². The van der Waals surface area contributed by atoms with E-state index in [0.717, 1.165) is 12.8 Å². The first-order valence-corrected chi connectivity index (χ1v) is 10.8. The summed E-state index contributed by atoms with van der Waals surface area (Å²) < 4.78 is 35.0. The average Bonchev–Trinajstić information content (AvgIpc) is 3.21. The van der Waals surface area contributed by atoms with Crippen LogP contribution < -0.4 is 9.46 Å². The zero-order valence-corrected chi connectivity index (χ0v) is 17.1. The van der Waals surface area contributed by atoms with E-state index in [1.54, 1.807) is 37.3 Å². The summed E-state index contributed by atoms with van der Waals surface area (Å²) >= 11 is 0. The molecule has 0 saturated carbocycles. The Hall–Kier alpha value is -2.39. The van der Waals surface area contributed by atoms with Crippen LogP contribution >= 0.6 is 0 Å². The van der Waals surface area contributed by atoms with E-state index in [9.17, 15) is 13.2 Å². The number of carbonyl (C=O) groups is 1. The highest BCUT2D eigenvalue weighted by molar-refractivity contribution is 7.89. The largest absolute Gasteiger partial charge is 0.495 e. The van der Waals surface area contributed by atoms with Gasteiger partial charge < -0.3 is 14.2 Å². The third-order valence-corrected chi connectivity index (χ3v) is 6.47. The normalized spacial score (nSPS) is 15.8. The molecule has 0 radical (unpaired) electrons. The maximum atomic E-state index is 12.9. The summed E-state index contributed by atoms with van der Waals surface area (Å²) in [7, 11) is -2.37. The SMILES string of the molecule is COc1ccc(C(=O)N2CCC(n3ccnc3)CC2)cc1S(=O)(=O)NC(C)C. The van der Waals surface area contributed by atoms with Crippen LogP contribution in [0.5, 0.6) is 5.75 Å². The molecule has 1 fully saturated rings. The fourth-order valence-electron chi connectivity index (χ4n) is 3.43. The van der Waals surface area contributed by atoms with E-state index >= 15 is 0 Å². The number of carbonyl (C=O) groups excluding carboxylic acids is 1. The number of piperidine rings is 1. The third kappa shape index (κ3) is 4.36. The van der Waals surface area contributed by atoms with Gasteiger partial charge in [0.2, 0.25) is 10.0 Å². The molecule has 1 N–H and O–H groups in total. The van der Waals surface area contributed by atoms with Gasteiger partial charge in [-0.2, -0.15) is 0 Å². The molecule has 8 nitrogen and oxygen atoms in total. The van der Waals surface area contributed by atoms with Gasteiger partial charge in [-0.15, -0.1) is 0 Å². The molecular formula is C19H26N4O4S. The first-order valence-electron chi connectivity index (χ1n) is 9.29. The second kappa shape index (κ2) is 8.32. The second-order valence-electron chi connectivity index (χ2n) is 7.17. The van der Waals surface area contributed by atoms with Crippen LogP contribution in [0.25, 0.3) is 0 Å². The second-order valence-corrected chi connectivity index (χ2v) is 8.86. The van der Waals surface area contributed by atoms with Crippen LogP contribution in [0.1, 0.15) is 43.1 Å². The third-order valence-electron chi connectivity index (χ3n) is 4.79. The van der Waals surface area contributed by atoms with Crippen molar-refractivity contribution >= 4 is 15.9 Å². The molecule has 3 rings (SSSR count). The number of rotatable bonds is 6. The molecule has 1 amide bonds. The number of ether oxygens (including phenoxy) is 1. The number of aromatic nitrogens is 2. The van der Waals surface area contributed by atoms with Crippen LogP contribution in [-0.2, 0) is 10.0 Å². The van der Waals surface area contributed by atoms with E-state index in [2.05, 4.69) is 14.3 Å². The molecule has 1 saturated heterocycles. The molecule has 1 aromatic heterocycles. The number of hydrogen-bond donors (Lipinski definition) is 1. The maximum Gasteiger partial charge on any atom is 0.253 e. The average molecular weight is 407 g/mol. The number of likely N-dealkylation sites (tertiary alicyclic amines) is 1. The van der Waals surface area contributed by atoms with Crippen molar-refractivity contribution in [2.45, 2.75) is 43.7 Å². The Bertz CT molecular complexity index is 917. The number of imidazole rings is 1. The summed E-state index contributed by atoms with van der Waals surface area (Å²) in [6, 6.07) is 4.59. The zero-order chi connectivity index (χ0) is 20.3. The van der Waals surface area contributed by atoms with E-state index in [-0.39, 0.29) is 22.6 Å². The van der Waals surface area contributed by atoms with Crippen LogP contribution in [0, 0.1) is 0 Å². The number of methoxy groups -OCH3 is 1. The lowest BCUT2D eigenvalue weighted by molar-refractivity contribution is 0.0694. The molecule has 0 bridgehead atoms. The number of hydrogen-bond acceptors (Lipinski definition) is 5. The highest BCUT2D eigenvalue weighted by atomic mass is 32.2. The molecule has 1 aliphatic rings. The Balaban J connectivity index is 1.78. The molecule has 0 spiro atoms. The molecule has 0 atom stereocenters. The summed E-state index contributed by atoms with van der Waals surface area (Å²) in [4.78, 5) is 18.8. The zero-order valence-electron chi connectivity index (χ0n) is 16.3. The summed E-state index contributed by atoms with van der Waals surface area (Å²) in [6.45, 7) is 4.70. The highest BCUT2D eigenvalue weighted by Crippen LogP contribution is 2.27. The van der Waals surface area contributed by atoms with Gasteiger partial charge in [0.1, 0.15) is 10.6 Å². The fraction of sp³-hybridized carbons (Fsp3) is 0.474. The van der Waals surface area contributed by atoms with Crippen molar-refractivity contribution in [1.29, 1.82) is 0 Å². The number of benzene rings is 1. The van der Waals surface area contributed by atoms with Crippen LogP contribution in [0.3, 0.4) is 0 Å². The van der Waals surface area contributed by atoms with Crippen molar-refractivity contribution in [3.05, 3.63) is 42.5 Å². The van der Waals surface area contributed by atoms with E-state index in [0.29, 0.717) is 24.7 Å². The van der Waals surface area contributed by atoms with Crippen molar-refractivity contribution in [3.63, 3.8) is 0 Å². The lowest BCUT2D eigenvalue weighted by Crippen LogP contribution is -2.39.